The summed E-state index contributed by atoms with van der Waals surface area (Å²) >= 11 is 0. The van der Waals surface area contributed by atoms with Crippen molar-refractivity contribution in [2.24, 2.45) is 0 Å². The molecule has 0 aliphatic carbocycles. The summed E-state index contributed by atoms with van der Waals surface area (Å²) in [6, 6.07) is 24.5. The average Bonchev–Trinajstić information content (AvgIpc) is 3.47. The molecule has 7 rings (SSSR count). The highest BCUT2D eigenvalue weighted by molar-refractivity contribution is 5.95. The molecule has 5 aromatic rings. The summed E-state index contributed by atoms with van der Waals surface area (Å²) in [5.41, 5.74) is 7.70. The Balaban J connectivity index is 1.62. The molecule has 5 heterocycles. The maximum Gasteiger partial charge on any atom is 0.359 e. The number of pyridine rings is 2. The van der Waals surface area contributed by atoms with Crippen molar-refractivity contribution in [3.8, 4) is 11.3 Å². The predicted octanol–water partition coefficient (Wildman–Crippen LogP) is 5.55. The van der Waals surface area contributed by atoms with Gasteiger partial charge in [0.1, 0.15) is 11.3 Å². The first kappa shape index (κ1) is 21.8. The molecule has 1 unspecified atom stereocenters. The lowest BCUT2D eigenvalue weighted by Gasteiger charge is -2.33. The Morgan fingerprint density at radius 1 is 0.973 bits per heavy atom. The molecular weight excluding hydrogens is 460 g/mol. The maximum absolute atomic E-state index is 13.4. The SMILES string of the molecule is Cc1cccn2c(C3(c4ccc5c(c4)CCCN5C)OC(=O)c4ncccc43)c(-c3ccccc3)nc12. The van der Waals surface area contributed by atoms with Crippen LogP contribution in [0.3, 0.4) is 0 Å². The average molecular weight is 487 g/mol. The van der Waals surface area contributed by atoms with Crippen LogP contribution >= 0.6 is 0 Å². The first-order valence-electron chi connectivity index (χ1n) is 12.6. The molecule has 182 valence electrons. The molecule has 0 radical (unpaired) electrons. The third-order valence-corrected chi connectivity index (χ3v) is 7.69. The fraction of sp³-hybridized carbons (Fsp3) is 0.194. The number of cyclic esters (lactones) is 1. The minimum absolute atomic E-state index is 0.346. The zero-order valence-electron chi connectivity index (χ0n) is 20.8. The van der Waals surface area contributed by atoms with E-state index in [0.29, 0.717) is 5.69 Å². The van der Waals surface area contributed by atoms with Gasteiger partial charge in [-0.05, 0) is 55.2 Å². The van der Waals surface area contributed by atoms with Crippen LogP contribution in [0.4, 0.5) is 5.69 Å². The fourth-order valence-corrected chi connectivity index (χ4v) is 5.96. The van der Waals surface area contributed by atoms with Gasteiger partial charge in [0, 0.05) is 48.4 Å². The normalized spacial score (nSPS) is 18.5. The molecule has 0 fully saturated rings. The van der Waals surface area contributed by atoms with Crippen molar-refractivity contribution in [3.05, 3.63) is 119 Å². The Morgan fingerprint density at radius 3 is 2.70 bits per heavy atom. The summed E-state index contributed by atoms with van der Waals surface area (Å²) in [7, 11) is 2.13. The minimum Gasteiger partial charge on any atom is -0.438 e. The van der Waals surface area contributed by atoms with Gasteiger partial charge in [-0.2, -0.15) is 0 Å². The van der Waals surface area contributed by atoms with Gasteiger partial charge in [-0.1, -0.05) is 48.5 Å². The van der Waals surface area contributed by atoms with Crippen LogP contribution < -0.4 is 4.90 Å². The van der Waals surface area contributed by atoms with Gasteiger partial charge in [0.2, 0.25) is 5.60 Å². The number of carbonyl (C=O) groups is 1. The number of benzene rings is 2. The summed E-state index contributed by atoms with van der Waals surface area (Å²) < 4.78 is 8.58. The quantitative estimate of drug-likeness (QED) is 0.313. The number of carbonyl (C=O) groups excluding carboxylic acids is 1. The van der Waals surface area contributed by atoms with Crippen molar-refractivity contribution >= 4 is 17.3 Å². The molecule has 1 atom stereocenters. The van der Waals surface area contributed by atoms with Crippen LogP contribution in [0.1, 0.15) is 44.9 Å². The zero-order valence-corrected chi connectivity index (χ0v) is 20.8. The van der Waals surface area contributed by atoms with E-state index in [2.05, 4.69) is 64.7 Å². The third-order valence-electron chi connectivity index (χ3n) is 7.69. The van der Waals surface area contributed by atoms with Crippen molar-refractivity contribution in [2.45, 2.75) is 25.4 Å². The van der Waals surface area contributed by atoms with Crippen LogP contribution in [0.25, 0.3) is 16.9 Å². The second kappa shape index (κ2) is 8.03. The Hall–Kier alpha value is -4.45. The Morgan fingerprint density at radius 2 is 1.84 bits per heavy atom. The van der Waals surface area contributed by atoms with Gasteiger partial charge in [0.15, 0.2) is 5.69 Å². The van der Waals surface area contributed by atoms with Crippen LogP contribution in [0.5, 0.6) is 0 Å². The van der Waals surface area contributed by atoms with E-state index in [9.17, 15) is 4.79 Å². The largest absolute Gasteiger partial charge is 0.438 e. The van der Waals surface area contributed by atoms with E-state index in [0.717, 1.165) is 58.7 Å². The molecule has 3 aromatic heterocycles. The number of imidazole rings is 1. The third kappa shape index (κ3) is 3.08. The zero-order chi connectivity index (χ0) is 25.1. The topological polar surface area (TPSA) is 59.7 Å². The van der Waals surface area contributed by atoms with Crippen LogP contribution in [-0.2, 0) is 16.8 Å². The van der Waals surface area contributed by atoms with E-state index in [1.165, 1.54) is 11.3 Å². The number of esters is 1. The molecular formula is C31H26N4O2. The van der Waals surface area contributed by atoms with Crippen LogP contribution in [0, 0.1) is 6.92 Å². The summed E-state index contributed by atoms with van der Waals surface area (Å²) in [4.78, 5) is 25.3. The van der Waals surface area contributed by atoms with Crippen molar-refractivity contribution in [1.82, 2.24) is 14.4 Å². The summed E-state index contributed by atoms with van der Waals surface area (Å²) in [6.45, 7) is 3.09. The molecule has 2 aliphatic rings. The van der Waals surface area contributed by atoms with Crippen molar-refractivity contribution < 1.29 is 9.53 Å². The molecule has 0 spiro atoms. The van der Waals surface area contributed by atoms with Crippen LogP contribution in [0.2, 0.25) is 0 Å². The van der Waals surface area contributed by atoms with E-state index in [1.54, 1.807) is 6.20 Å². The summed E-state index contributed by atoms with van der Waals surface area (Å²) in [5.74, 6) is -0.424. The lowest BCUT2D eigenvalue weighted by Crippen LogP contribution is -2.33. The molecule has 2 aromatic carbocycles. The molecule has 2 aliphatic heterocycles. The number of hydrogen-bond donors (Lipinski definition) is 0. The highest BCUT2D eigenvalue weighted by Gasteiger charge is 2.53. The number of aromatic nitrogens is 3. The maximum atomic E-state index is 13.4. The lowest BCUT2D eigenvalue weighted by atomic mass is 9.80. The van der Waals surface area contributed by atoms with Gasteiger partial charge in [-0.25, -0.2) is 14.8 Å². The monoisotopic (exact) mass is 486 g/mol. The summed E-state index contributed by atoms with van der Waals surface area (Å²) in [5, 5.41) is 0. The van der Waals surface area contributed by atoms with Crippen molar-refractivity contribution in [3.63, 3.8) is 0 Å². The first-order valence-corrected chi connectivity index (χ1v) is 12.6. The molecule has 37 heavy (non-hydrogen) atoms. The standard InChI is InChI=1S/C31H26N4O2/c1-20-9-7-18-35-28(26(33-29(20)35)21-10-4-3-5-11-21)31(24-13-6-16-32-27(24)30(36)37-31)23-14-15-25-22(19-23)12-8-17-34(25)2/h3-7,9-11,13-16,18-19H,8,12,17H2,1-2H3. The van der Waals surface area contributed by atoms with Gasteiger partial charge in [0.25, 0.3) is 0 Å². The molecule has 0 saturated carbocycles. The first-order chi connectivity index (χ1) is 18.1. The Labute approximate surface area is 215 Å². The molecule has 0 N–H and O–H groups in total. The predicted molar refractivity (Wildman–Crippen MR) is 143 cm³/mol. The van der Waals surface area contributed by atoms with E-state index < -0.39 is 11.6 Å². The van der Waals surface area contributed by atoms with Gasteiger partial charge in [0.05, 0.1) is 5.69 Å². The molecule has 0 saturated heterocycles. The van der Waals surface area contributed by atoms with E-state index >= 15 is 0 Å². The number of anilines is 1. The van der Waals surface area contributed by atoms with Crippen LogP contribution in [0.15, 0.2) is 85.2 Å². The molecule has 0 bridgehead atoms. The fourth-order valence-electron chi connectivity index (χ4n) is 5.96. The van der Waals surface area contributed by atoms with Gasteiger partial charge < -0.3 is 9.64 Å². The van der Waals surface area contributed by atoms with E-state index in [4.69, 9.17) is 9.72 Å². The Bertz CT molecular complexity index is 1690. The Kier molecular flexibility index (Phi) is 4.73. The number of hydrogen-bond acceptors (Lipinski definition) is 5. The van der Waals surface area contributed by atoms with Gasteiger partial charge in [-0.15, -0.1) is 0 Å². The van der Waals surface area contributed by atoms with Crippen molar-refractivity contribution in [2.75, 3.05) is 18.5 Å². The van der Waals surface area contributed by atoms with E-state index in [-0.39, 0.29) is 0 Å². The minimum atomic E-state index is -1.20. The summed E-state index contributed by atoms with van der Waals surface area (Å²) in [6.07, 6.45) is 5.72. The second-order valence-electron chi connectivity index (χ2n) is 9.90. The van der Waals surface area contributed by atoms with Gasteiger partial charge in [-0.3, -0.25) is 4.40 Å². The number of ether oxygens (including phenoxy) is 1. The highest BCUT2D eigenvalue weighted by Crippen LogP contribution is 2.50. The number of aryl methyl sites for hydroxylation is 2. The number of rotatable bonds is 3. The van der Waals surface area contributed by atoms with Gasteiger partial charge >= 0.3 is 5.97 Å². The number of fused-ring (bicyclic) bond motifs is 3. The van der Waals surface area contributed by atoms with Crippen molar-refractivity contribution in [1.29, 1.82) is 0 Å². The molecule has 0 amide bonds. The van der Waals surface area contributed by atoms with E-state index in [1.807, 2.05) is 42.6 Å². The second-order valence-corrected chi connectivity index (χ2v) is 9.90. The molecule has 6 heteroatoms. The number of nitrogens with zero attached hydrogens (tertiary/aromatic N) is 4. The molecule has 6 nitrogen and oxygen atoms in total. The van der Waals surface area contributed by atoms with Crippen LogP contribution in [-0.4, -0.2) is 33.9 Å². The lowest BCUT2D eigenvalue weighted by molar-refractivity contribution is 0.0235. The highest BCUT2D eigenvalue weighted by atomic mass is 16.6. The smallest absolute Gasteiger partial charge is 0.359 e.